The Morgan fingerprint density at radius 2 is 1.85 bits per heavy atom. The summed E-state index contributed by atoms with van der Waals surface area (Å²) in [4.78, 5) is 0. The number of benzene rings is 1. The van der Waals surface area contributed by atoms with E-state index < -0.39 is 9.80 Å². The summed E-state index contributed by atoms with van der Waals surface area (Å²) in [6.45, 7) is 3.48. The Morgan fingerprint density at radius 3 is 2.31 bits per heavy atom. The molecule has 1 unspecified atom stereocenters. The van der Waals surface area contributed by atoms with Gasteiger partial charge in [-0.3, -0.25) is 0 Å². The van der Waals surface area contributed by atoms with Crippen molar-refractivity contribution in [1.29, 1.82) is 0 Å². The molecule has 0 saturated carbocycles. The van der Waals surface area contributed by atoms with Crippen molar-refractivity contribution in [3.05, 3.63) is 35.9 Å². The zero-order chi connectivity index (χ0) is 9.90. The zero-order valence-corrected chi connectivity index (χ0v) is 8.62. The SMILES string of the molecule is CC(C)S(=O)(O)=Cc1ccccc1. The summed E-state index contributed by atoms with van der Waals surface area (Å²) in [5.74, 6) is 0. The molecule has 1 N–H and O–H groups in total. The van der Waals surface area contributed by atoms with E-state index in [-0.39, 0.29) is 5.25 Å². The van der Waals surface area contributed by atoms with Gasteiger partial charge in [0.15, 0.2) is 0 Å². The van der Waals surface area contributed by atoms with E-state index in [1.54, 1.807) is 13.8 Å². The fraction of sp³-hybridized carbons (Fsp3) is 0.300. The molecule has 0 heterocycles. The molecule has 0 aromatic heterocycles. The average Bonchev–Trinajstić information content (AvgIpc) is 2.05. The Morgan fingerprint density at radius 1 is 1.31 bits per heavy atom. The van der Waals surface area contributed by atoms with E-state index in [0.717, 1.165) is 5.56 Å². The monoisotopic (exact) mass is 198 g/mol. The Bertz CT molecular complexity index is 373. The summed E-state index contributed by atoms with van der Waals surface area (Å²) in [5, 5.41) is 1.19. The zero-order valence-electron chi connectivity index (χ0n) is 7.81. The van der Waals surface area contributed by atoms with Crippen molar-refractivity contribution in [3.63, 3.8) is 0 Å². The summed E-state index contributed by atoms with van der Waals surface area (Å²) in [6, 6.07) is 9.21. The van der Waals surface area contributed by atoms with Crippen molar-refractivity contribution in [2.75, 3.05) is 0 Å². The fourth-order valence-electron chi connectivity index (χ4n) is 0.863. The van der Waals surface area contributed by atoms with Crippen LogP contribution in [0.5, 0.6) is 0 Å². The van der Waals surface area contributed by atoms with Crippen LogP contribution in [0.1, 0.15) is 19.4 Å². The lowest BCUT2D eigenvalue weighted by molar-refractivity contribution is 0.550. The highest BCUT2D eigenvalue weighted by atomic mass is 32.2. The molecule has 0 fully saturated rings. The van der Waals surface area contributed by atoms with Crippen LogP contribution in [0.4, 0.5) is 0 Å². The normalized spacial score (nSPS) is 15.4. The molecule has 0 spiro atoms. The molecule has 1 rings (SSSR count). The van der Waals surface area contributed by atoms with Gasteiger partial charge in [-0.15, -0.1) is 0 Å². The maximum absolute atomic E-state index is 11.6. The van der Waals surface area contributed by atoms with Crippen molar-refractivity contribution in [1.82, 2.24) is 0 Å². The van der Waals surface area contributed by atoms with E-state index in [2.05, 4.69) is 0 Å². The topological polar surface area (TPSA) is 37.3 Å². The van der Waals surface area contributed by atoms with Crippen molar-refractivity contribution in [3.8, 4) is 0 Å². The van der Waals surface area contributed by atoms with Crippen molar-refractivity contribution in [2.24, 2.45) is 0 Å². The summed E-state index contributed by atoms with van der Waals surface area (Å²) < 4.78 is 21.1. The third-order valence-corrected chi connectivity index (χ3v) is 3.74. The Kier molecular flexibility index (Phi) is 3.12. The second-order valence-corrected chi connectivity index (χ2v) is 5.60. The highest BCUT2D eigenvalue weighted by Crippen LogP contribution is 2.01. The van der Waals surface area contributed by atoms with Gasteiger partial charge >= 0.3 is 0 Å². The van der Waals surface area contributed by atoms with Gasteiger partial charge in [0.25, 0.3) is 0 Å². The number of hydrogen-bond acceptors (Lipinski definition) is 1. The maximum Gasteiger partial charge on any atom is 0.0844 e. The second kappa shape index (κ2) is 3.94. The molecule has 0 aliphatic carbocycles. The van der Waals surface area contributed by atoms with Gasteiger partial charge in [0.1, 0.15) is 0 Å². The minimum absolute atomic E-state index is 0.243. The van der Waals surface area contributed by atoms with E-state index in [1.807, 2.05) is 30.3 Å². The van der Waals surface area contributed by atoms with Gasteiger partial charge in [-0.2, -0.15) is 0 Å². The Balaban J connectivity index is 3.09. The second-order valence-electron chi connectivity index (χ2n) is 3.19. The Labute approximate surface area is 79.4 Å². The minimum atomic E-state index is -2.83. The third kappa shape index (κ3) is 2.86. The number of rotatable bonds is 2. The number of hydrogen-bond donors (Lipinski definition) is 1. The quantitative estimate of drug-likeness (QED) is 0.738. The molecule has 1 aromatic rings. The molecular formula is C10H14O2S. The lowest BCUT2D eigenvalue weighted by Gasteiger charge is -2.06. The van der Waals surface area contributed by atoms with Crippen molar-refractivity contribution >= 4 is 15.2 Å². The molecule has 0 bridgehead atoms. The summed E-state index contributed by atoms with van der Waals surface area (Å²) in [6.07, 6.45) is 0. The first-order valence-electron chi connectivity index (χ1n) is 4.17. The third-order valence-electron chi connectivity index (χ3n) is 1.78. The molecule has 2 nitrogen and oxygen atoms in total. The van der Waals surface area contributed by atoms with Crippen LogP contribution >= 0.6 is 0 Å². The van der Waals surface area contributed by atoms with Crippen LogP contribution in [-0.2, 0) is 9.80 Å². The van der Waals surface area contributed by atoms with Gasteiger partial charge in [0, 0.05) is 10.6 Å². The summed E-state index contributed by atoms with van der Waals surface area (Å²) in [7, 11) is -2.83. The molecular weight excluding hydrogens is 184 g/mol. The van der Waals surface area contributed by atoms with E-state index in [1.165, 1.54) is 5.37 Å². The van der Waals surface area contributed by atoms with E-state index in [0.29, 0.717) is 0 Å². The van der Waals surface area contributed by atoms with Crippen LogP contribution in [0.3, 0.4) is 0 Å². The predicted molar refractivity (Wildman–Crippen MR) is 57.5 cm³/mol. The maximum atomic E-state index is 11.6. The van der Waals surface area contributed by atoms with Crippen LogP contribution < -0.4 is 0 Å². The average molecular weight is 198 g/mol. The van der Waals surface area contributed by atoms with Gasteiger partial charge < -0.3 is 4.55 Å². The lowest BCUT2D eigenvalue weighted by Crippen LogP contribution is -2.15. The summed E-state index contributed by atoms with van der Waals surface area (Å²) >= 11 is 0. The molecule has 0 saturated heterocycles. The first-order valence-corrected chi connectivity index (χ1v) is 5.82. The van der Waals surface area contributed by atoms with Gasteiger partial charge in [0.2, 0.25) is 0 Å². The van der Waals surface area contributed by atoms with Crippen LogP contribution in [0.2, 0.25) is 0 Å². The molecule has 1 aromatic carbocycles. The molecule has 3 heteroatoms. The lowest BCUT2D eigenvalue weighted by atomic mass is 10.2. The first-order chi connectivity index (χ1) is 6.02. The fourth-order valence-corrected chi connectivity index (χ4v) is 1.68. The van der Waals surface area contributed by atoms with Crippen LogP contribution in [-0.4, -0.2) is 19.4 Å². The van der Waals surface area contributed by atoms with E-state index in [4.69, 9.17) is 0 Å². The molecule has 72 valence electrons. The Hall–Kier alpha value is -0.800. The van der Waals surface area contributed by atoms with Gasteiger partial charge in [-0.1, -0.05) is 30.3 Å². The van der Waals surface area contributed by atoms with Crippen LogP contribution in [0.15, 0.2) is 30.3 Å². The molecule has 13 heavy (non-hydrogen) atoms. The van der Waals surface area contributed by atoms with Crippen molar-refractivity contribution < 1.29 is 8.76 Å². The molecule has 0 amide bonds. The van der Waals surface area contributed by atoms with Crippen molar-refractivity contribution in [2.45, 2.75) is 19.1 Å². The smallest absolute Gasteiger partial charge is 0.0844 e. The minimum Gasteiger partial charge on any atom is -0.313 e. The summed E-state index contributed by atoms with van der Waals surface area (Å²) in [5.41, 5.74) is 0.795. The van der Waals surface area contributed by atoms with Crippen LogP contribution in [0, 0.1) is 0 Å². The molecule has 0 aliphatic rings. The highest BCUT2D eigenvalue weighted by Gasteiger charge is 2.07. The van der Waals surface area contributed by atoms with Crippen LogP contribution in [0.25, 0.3) is 0 Å². The van der Waals surface area contributed by atoms with Gasteiger partial charge in [0.05, 0.1) is 9.80 Å². The predicted octanol–water partition coefficient (Wildman–Crippen LogP) is 2.00. The van der Waals surface area contributed by atoms with E-state index in [9.17, 15) is 8.76 Å². The first kappa shape index (κ1) is 10.3. The largest absolute Gasteiger partial charge is 0.313 e. The highest BCUT2D eigenvalue weighted by molar-refractivity contribution is 7.96. The van der Waals surface area contributed by atoms with Gasteiger partial charge in [-0.05, 0) is 19.4 Å². The van der Waals surface area contributed by atoms with E-state index >= 15 is 0 Å². The van der Waals surface area contributed by atoms with Gasteiger partial charge in [-0.25, -0.2) is 4.21 Å². The molecule has 0 aliphatic heterocycles. The molecule has 1 atom stereocenters. The standard InChI is InChI=1S/C10H14O2S/c1-9(2)13(11,12)8-10-6-4-3-5-7-10/h3-9H,1-2H3,(H,11,12). The molecule has 0 radical (unpaired) electrons.